The van der Waals surface area contributed by atoms with Crippen LogP contribution in [0, 0.1) is 6.92 Å². The highest BCUT2D eigenvalue weighted by Gasteiger charge is 2.15. The molecule has 1 N–H and O–H groups in total. The summed E-state index contributed by atoms with van der Waals surface area (Å²) in [7, 11) is 0. The van der Waals surface area contributed by atoms with Crippen LogP contribution in [0.5, 0.6) is 0 Å². The average molecular weight is 302 g/mol. The molecular weight excluding hydrogens is 284 g/mol. The Morgan fingerprint density at radius 2 is 2.18 bits per heavy atom. The molecule has 0 bridgehead atoms. The quantitative estimate of drug-likeness (QED) is 0.912. The number of hydrogen-bond acceptors (Lipinski definition) is 6. The van der Waals surface area contributed by atoms with E-state index in [1.807, 2.05) is 13.0 Å². The number of rotatable bonds is 4. The third-order valence-corrected chi connectivity index (χ3v) is 3.40. The second-order valence-corrected chi connectivity index (χ2v) is 5.09. The summed E-state index contributed by atoms with van der Waals surface area (Å²) in [5.41, 5.74) is 2.16. The van der Waals surface area contributed by atoms with Gasteiger partial charge in [-0.3, -0.25) is 4.79 Å². The zero-order chi connectivity index (χ0) is 15.4. The Morgan fingerprint density at radius 1 is 1.36 bits per heavy atom. The molecule has 0 saturated carbocycles. The van der Waals surface area contributed by atoms with Crippen molar-refractivity contribution in [2.75, 3.05) is 31.2 Å². The summed E-state index contributed by atoms with van der Waals surface area (Å²) in [5, 5.41) is 2.83. The molecule has 0 atom stereocenters. The topological polar surface area (TPSA) is 80.5 Å². The molecule has 3 rings (SSSR count). The third kappa shape index (κ3) is 3.43. The largest absolute Gasteiger partial charge is 0.472 e. The molecule has 7 heteroatoms. The Labute approximate surface area is 128 Å². The van der Waals surface area contributed by atoms with Crippen molar-refractivity contribution in [2.45, 2.75) is 13.5 Å². The second kappa shape index (κ2) is 6.57. The lowest BCUT2D eigenvalue weighted by atomic mass is 10.3. The van der Waals surface area contributed by atoms with Crippen LogP contribution in [0.3, 0.4) is 0 Å². The number of carbonyl (C=O) groups excluding carboxylic acids is 1. The van der Waals surface area contributed by atoms with Gasteiger partial charge < -0.3 is 19.4 Å². The standard InChI is InChI=1S/C15H18N4O3/c1-11-8-13(9-16-14(20)12-2-5-22-10-12)18-15(17-11)19-3-6-21-7-4-19/h2,5,8,10H,3-4,6-7,9H2,1H3,(H,16,20). The van der Waals surface area contributed by atoms with Crippen molar-refractivity contribution in [1.82, 2.24) is 15.3 Å². The minimum atomic E-state index is -0.182. The normalized spacial score (nSPS) is 14.9. The maximum Gasteiger partial charge on any atom is 0.254 e. The monoisotopic (exact) mass is 302 g/mol. The highest BCUT2D eigenvalue weighted by atomic mass is 16.5. The molecule has 1 aliphatic rings. The number of aryl methyl sites for hydroxylation is 1. The molecule has 3 heterocycles. The number of morpholine rings is 1. The van der Waals surface area contributed by atoms with Gasteiger partial charge in [-0.1, -0.05) is 0 Å². The van der Waals surface area contributed by atoms with E-state index in [2.05, 4.69) is 20.2 Å². The predicted molar refractivity (Wildman–Crippen MR) is 79.7 cm³/mol. The molecule has 7 nitrogen and oxygen atoms in total. The molecule has 1 aliphatic heterocycles. The maximum atomic E-state index is 11.9. The van der Waals surface area contributed by atoms with Gasteiger partial charge in [0.15, 0.2) is 0 Å². The minimum absolute atomic E-state index is 0.182. The summed E-state index contributed by atoms with van der Waals surface area (Å²) < 4.78 is 10.2. The van der Waals surface area contributed by atoms with Crippen LogP contribution in [0.4, 0.5) is 5.95 Å². The number of ether oxygens (including phenoxy) is 1. The van der Waals surface area contributed by atoms with E-state index < -0.39 is 0 Å². The van der Waals surface area contributed by atoms with Gasteiger partial charge in [0.2, 0.25) is 5.95 Å². The fourth-order valence-corrected chi connectivity index (χ4v) is 2.28. The van der Waals surface area contributed by atoms with Gasteiger partial charge in [-0.25, -0.2) is 9.97 Å². The summed E-state index contributed by atoms with van der Waals surface area (Å²) >= 11 is 0. The molecule has 116 valence electrons. The zero-order valence-electron chi connectivity index (χ0n) is 12.4. The Kier molecular flexibility index (Phi) is 4.34. The van der Waals surface area contributed by atoms with Crippen molar-refractivity contribution in [2.24, 2.45) is 0 Å². The molecule has 0 unspecified atom stereocenters. The number of nitrogens with one attached hydrogen (secondary N) is 1. The van der Waals surface area contributed by atoms with Gasteiger partial charge in [0.25, 0.3) is 5.91 Å². The number of anilines is 1. The van der Waals surface area contributed by atoms with Crippen molar-refractivity contribution in [3.63, 3.8) is 0 Å². The van der Waals surface area contributed by atoms with E-state index in [9.17, 15) is 4.79 Å². The summed E-state index contributed by atoms with van der Waals surface area (Å²) in [6, 6.07) is 3.50. The first kappa shape index (κ1) is 14.5. The maximum absolute atomic E-state index is 11.9. The average Bonchev–Trinajstić information content (AvgIpc) is 3.07. The second-order valence-electron chi connectivity index (χ2n) is 5.09. The lowest BCUT2D eigenvalue weighted by Gasteiger charge is -2.27. The fourth-order valence-electron chi connectivity index (χ4n) is 2.28. The van der Waals surface area contributed by atoms with Crippen LogP contribution in [-0.4, -0.2) is 42.2 Å². The molecule has 0 radical (unpaired) electrons. The lowest BCUT2D eigenvalue weighted by molar-refractivity contribution is 0.0949. The number of amides is 1. The summed E-state index contributed by atoms with van der Waals surface area (Å²) in [6.45, 7) is 5.21. The van der Waals surface area contributed by atoms with Crippen molar-refractivity contribution in [3.8, 4) is 0 Å². The number of hydrogen-bond donors (Lipinski definition) is 1. The first-order chi connectivity index (χ1) is 10.7. The van der Waals surface area contributed by atoms with E-state index in [0.29, 0.717) is 31.3 Å². The Bertz CT molecular complexity index is 636. The number of nitrogens with zero attached hydrogens (tertiary/aromatic N) is 3. The SMILES string of the molecule is Cc1cc(CNC(=O)c2ccoc2)nc(N2CCOCC2)n1. The van der Waals surface area contributed by atoms with Gasteiger partial charge >= 0.3 is 0 Å². The van der Waals surface area contributed by atoms with Crippen molar-refractivity contribution < 1.29 is 13.9 Å². The molecule has 2 aromatic rings. The Hall–Kier alpha value is -2.41. The summed E-state index contributed by atoms with van der Waals surface area (Å²) in [5.74, 6) is 0.508. The van der Waals surface area contributed by atoms with Crippen LogP contribution in [0.2, 0.25) is 0 Å². The molecule has 0 aromatic carbocycles. The van der Waals surface area contributed by atoms with Crippen molar-refractivity contribution in [1.29, 1.82) is 0 Å². The van der Waals surface area contributed by atoms with Gasteiger partial charge in [0.1, 0.15) is 6.26 Å². The predicted octanol–water partition coefficient (Wildman–Crippen LogP) is 1.14. The van der Waals surface area contributed by atoms with Crippen LogP contribution in [0.15, 0.2) is 29.1 Å². The first-order valence-electron chi connectivity index (χ1n) is 7.20. The molecule has 0 aliphatic carbocycles. The zero-order valence-corrected chi connectivity index (χ0v) is 12.4. The van der Waals surface area contributed by atoms with Gasteiger partial charge in [-0.15, -0.1) is 0 Å². The summed E-state index contributed by atoms with van der Waals surface area (Å²) in [6.07, 6.45) is 2.89. The van der Waals surface area contributed by atoms with Crippen LogP contribution in [-0.2, 0) is 11.3 Å². The van der Waals surface area contributed by atoms with E-state index in [-0.39, 0.29) is 5.91 Å². The highest BCUT2D eigenvalue weighted by molar-refractivity contribution is 5.93. The smallest absolute Gasteiger partial charge is 0.254 e. The van der Waals surface area contributed by atoms with Crippen molar-refractivity contribution in [3.05, 3.63) is 41.6 Å². The molecule has 0 spiro atoms. The molecule has 1 fully saturated rings. The fraction of sp³-hybridized carbons (Fsp3) is 0.400. The van der Waals surface area contributed by atoms with Crippen LogP contribution >= 0.6 is 0 Å². The van der Waals surface area contributed by atoms with Crippen LogP contribution < -0.4 is 10.2 Å². The Balaban J connectivity index is 1.68. The first-order valence-corrected chi connectivity index (χ1v) is 7.20. The number of furan rings is 1. The van der Waals surface area contributed by atoms with Crippen LogP contribution in [0.25, 0.3) is 0 Å². The van der Waals surface area contributed by atoms with Crippen molar-refractivity contribution >= 4 is 11.9 Å². The highest BCUT2D eigenvalue weighted by Crippen LogP contribution is 2.12. The van der Waals surface area contributed by atoms with E-state index >= 15 is 0 Å². The van der Waals surface area contributed by atoms with E-state index in [0.717, 1.165) is 24.5 Å². The van der Waals surface area contributed by atoms with Crippen LogP contribution in [0.1, 0.15) is 21.7 Å². The molecule has 1 amide bonds. The lowest BCUT2D eigenvalue weighted by Crippen LogP contribution is -2.37. The van der Waals surface area contributed by atoms with Gasteiger partial charge in [0.05, 0.1) is 37.3 Å². The third-order valence-electron chi connectivity index (χ3n) is 3.40. The van der Waals surface area contributed by atoms with Gasteiger partial charge in [-0.2, -0.15) is 0 Å². The Morgan fingerprint density at radius 3 is 2.91 bits per heavy atom. The van der Waals surface area contributed by atoms with E-state index in [1.165, 1.54) is 12.5 Å². The summed E-state index contributed by atoms with van der Waals surface area (Å²) in [4.78, 5) is 23.0. The molecular formula is C15H18N4O3. The van der Waals surface area contributed by atoms with E-state index in [4.69, 9.17) is 9.15 Å². The van der Waals surface area contributed by atoms with E-state index in [1.54, 1.807) is 6.07 Å². The van der Waals surface area contributed by atoms with Gasteiger partial charge in [-0.05, 0) is 19.1 Å². The molecule has 1 saturated heterocycles. The number of carbonyl (C=O) groups is 1. The minimum Gasteiger partial charge on any atom is -0.472 e. The molecule has 22 heavy (non-hydrogen) atoms. The number of aromatic nitrogens is 2. The van der Waals surface area contributed by atoms with Gasteiger partial charge in [0, 0.05) is 18.8 Å². The molecule has 2 aromatic heterocycles.